The molecule has 4 nitrogen and oxygen atoms in total. The quantitative estimate of drug-likeness (QED) is 0.230. The maximum Gasteiger partial charge on any atom is 0.160 e. The summed E-state index contributed by atoms with van der Waals surface area (Å²) in [5.74, 6) is 0.704. The normalized spacial score (nSPS) is 11.9. The van der Waals surface area contributed by atoms with Crippen molar-refractivity contribution in [1.29, 1.82) is 0 Å². The molecule has 3 heterocycles. The van der Waals surface area contributed by atoms with Crippen LogP contribution in [-0.4, -0.2) is 15.0 Å². The summed E-state index contributed by atoms with van der Waals surface area (Å²) in [5, 5.41) is 2.36. The maximum atomic E-state index is 5.11. The van der Waals surface area contributed by atoms with Crippen LogP contribution in [0.25, 0.3) is 55.8 Å². The Morgan fingerprint density at radius 2 is 1.15 bits per heavy atom. The average Bonchev–Trinajstić information content (AvgIpc) is 3.06. The lowest BCUT2D eigenvalue weighted by atomic mass is 9.89. The summed E-state index contributed by atoms with van der Waals surface area (Å²) in [4.78, 5) is 17.0. The van der Waals surface area contributed by atoms with Gasteiger partial charge in [-0.25, -0.2) is 9.97 Å². The number of pyridine rings is 1. The summed E-state index contributed by atoms with van der Waals surface area (Å²) in [6.07, 6.45) is 3.82. The second-order valence-corrected chi connectivity index (χ2v) is 10.2. The molecule has 2 aromatic heterocycles. The average molecular weight is 525 g/mol. The van der Waals surface area contributed by atoms with Crippen LogP contribution in [0, 0.1) is 0 Å². The third kappa shape index (κ3) is 3.97. The third-order valence-corrected chi connectivity index (χ3v) is 7.66. The number of hydrogen-bond donors (Lipinski definition) is 0. The lowest BCUT2D eigenvalue weighted by Crippen LogP contribution is -2.15. The molecule has 4 heteroatoms. The summed E-state index contributed by atoms with van der Waals surface area (Å²) < 4.78 is 0. The van der Waals surface area contributed by atoms with Gasteiger partial charge >= 0.3 is 0 Å². The lowest BCUT2D eigenvalue weighted by Gasteiger charge is -2.33. The Kier molecular flexibility index (Phi) is 5.42. The van der Waals surface area contributed by atoms with E-state index in [0.717, 1.165) is 61.7 Å². The number of para-hydroxylation sites is 1. The summed E-state index contributed by atoms with van der Waals surface area (Å²) in [6, 6.07) is 46.2. The molecule has 1 aliphatic heterocycles. The molecule has 0 unspecified atom stereocenters. The van der Waals surface area contributed by atoms with E-state index in [0.29, 0.717) is 5.82 Å². The van der Waals surface area contributed by atoms with Gasteiger partial charge in [-0.1, -0.05) is 91.0 Å². The fourth-order valence-electron chi connectivity index (χ4n) is 5.80. The van der Waals surface area contributed by atoms with Crippen LogP contribution in [0.2, 0.25) is 0 Å². The largest absolute Gasteiger partial charge is 0.308 e. The number of hydrogen-bond acceptors (Lipinski definition) is 4. The third-order valence-electron chi connectivity index (χ3n) is 7.66. The molecule has 41 heavy (non-hydrogen) atoms. The van der Waals surface area contributed by atoms with Gasteiger partial charge in [-0.3, -0.25) is 4.98 Å². The van der Waals surface area contributed by atoms with Crippen LogP contribution in [0.4, 0.5) is 17.1 Å². The molecule has 5 aromatic carbocycles. The van der Waals surface area contributed by atoms with Crippen molar-refractivity contribution in [3.8, 4) is 45.0 Å². The van der Waals surface area contributed by atoms with E-state index in [1.165, 1.54) is 5.39 Å². The molecule has 0 N–H and O–H groups in total. The first-order valence-electron chi connectivity index (χ1n) is 13.7. The monoisotopic (exact) mass is 524 g/mol. The van der Waals surface area contributed by atoms with Gasteiger partial charge in [-0.15, -0.1) is 0 Å². The van der Waals surface area contributed by atoms with E-state index < -0.39 is 0 Å². The molecule has 0 bridgehead atoms. The number of aromatic nitrogens is 3. The minimum absolute atomic E-state index is 0.704. The predicted molar refractivity (Wildman–Crippen MR) is 167 cm³/mol. The minimum atomic E-state index is 0.704. The molecule has 0 aliphatic carbocycles. The number of benzene rings is 5. The number of nitrogens with zero attached hydrogens (tertiary/aromatic N) is 4. The highest BCUT2D eigenvalue weighted by Gasteiger charge is 2.27. The highest BCUT2D eigenvalue weighted by atomic mass is 15.2. The fraction of sp³-hybridized carbons (Fsp3) is 0. The zero-order chi connectivity index (χ0) is 27.2. The molecule has 0 spiro atoms. The maximum absolute atomic E-state index is 5.11. The molecule has 7 aromatic rings. The van der Waals surface area contributed by atoms with E-state index in [2.05, 4.69) is 101 Å². The van der Waals surface area contributed by atoms with E-state index in [1.807, 2.05) is 54.9 Å². The predicted octanol–water partition coefficient (Wildman–Crippen LogP) is 9.48. The second kappa shape index (κ2) is 9.54. The zero-order valence-corrected chi connectivity index (χ0v) is 22.1. The molecule has 0 saturated heterocycles. The molecule has 0 amide bonds. The Labute approximate surface area is 238 Å². The van der Waals surface area contributed by atoms with Crippen molar-refractivity contribution in [3.63, 3.8) is 0 Å². The first-order chi connectivity index (χ1) is 20.3. The van der Waals surface area contributed by atoms with Crippen molar-refractivity contribution >= 4 is 27.8 Å². The van der Waals surface area contributed by atoms with Gasteiger partial charge in [-0.2, -0.15) is 0 Å². The van der Waals surface area contributed by atoms with Gasteiger partial charge in [0.15, 0.2) is 5.82 Å². The molecular weight excluding hydrogens is 500 g/mol. The van der Waals surface area contributed by atoms with Crippen LogP contribution >= 0.6 is 0 Å². The molecule has 1 aliphatic rings. The minimum Gasteiger partial charge on any atom is -0.308 e. The molecule has 0 saturated carbocycles. The van der Waals surface area contributed by atoms with E-state index >= 15 is 0 Å². The van der Waals surface area contributed by atoms with Crippen molar-refractivity contribution in [2.24, 2.45) is 0 Å². The summed E-state index contributed by atoms with van der Waals surface area (Å²) in [6.45, 7) is 0. The van der Waals surface area contributed by atoms with Crippen molar-refractivity contribution in [2.45, 2.75) is 0 Å². The standard InChI is InChI=1S/C37H24N4/c1-4-11-25(12-5-1)32-23-33(26-13-6-2-7-14-26)40-37(39-32)28-21-27-15-10-18-34-36(27)31(22-28)30-19-20-38-24-35(30)41(34)29-16-8-3-9-17-29/h1-24H. The second-order valence-electron chi connectivity index (χ2n) is 10.2. The SMILES string of the molecule is c1ccc(-c2cc(-c3ccccc3)nc(-c3cc4c5c(cccc5c3)N(c3ccccc3)c3cnccc3-4)n2)cc1. The molecule has 0 atom stereocenters. The van der Waals surface area contributed by atoms with Crippen LogP contribution < -0.4 is 4.90 Å². The van der Waals surface area contributed by atoms with Gasteiger partial charge in [0.2, 0.25) is 0 Å². The van der Waals surface area contributed by atoms with Crippen LogP contribution in [-0.2, 0) is 0 Å². The van der Waals surface area contributed by atoms with E-state index in [-0.39, 0.29) is 0 Å². The highest BCUT2D eigenvalue weighted by Crippen LogP contribution is 2.51. The van der Waals surface area contributed by atoms with Crippen molar-refractivity contribution in [3.05, 3.63) is 146 Å². The Morgan fingerprint density at radius 3 is 1.83 bits per heavy atom. The van der Waals surface area contributed by atoms with Crippen LogP contribution in [0.5, 0.6) is 0 Å². The smallest absolute Gasteiger partial charge is 0.160 e. The fourth-order valence-corrected chi connectivity index (χ4v) is 5.80. The van der Waals surface area contributed by atoms with E-state index in [9.17, 15) is 0 Å². The number of rotatable bonds is 4. The van der Waals surface area contributed by atoms with Crippen molar-refractivity contribution in [2.75, 3.05) is 4.90 Å². The summed E-state index contributed by atoms with van der Waals surface area (Å²) in [7, 11) is 0. The number of fused-ring (bicyclic) bond motifs is 2. The van der Waals surface area contributed by atoms with E-state index in [4.69, 9.17) is 9.97 Å². The molecule has 8 rings (SSSR count). The van der Waals surface area contributed by atoms with Gasteiger partial charge in [-0.05, 0) is 53.4 Å². The van der Waals surface area contributed by atoms with Crippen LogP contribution in [0.15, 0.2) is 146 Å². The first-order valence-corrected chi connectivity index (χ1v) is 13.7. The van der Waals surface area contributed by atoms with Crippen LogP contribution in [0.1, 0.15) is 0 Å². The Bertz CT molecular complexity index is 1980. The number of anilines is 3. The first kappa shape index (κ1) is 23.3. The van der Waals surface area contributed by atoms with Gasteiger partial charge in [0, 0.05) is 39.5 Å². The molecule has 0 fully saturated rings. The summed E-state index contributed by atoms with van der Waals surface area (Å²) >= 11 is 0. The molecule has 192 valence electrons. The zero-order valence-electron chi connectivity index (χ0n) is 22.1. The van der Waals surface area contributed by atoms with Gasteiger partial charge in [0.1, 0.15) is 0 Å². The Morgan fingerprint density at radius 1 is 0.488 bits per heavy atom. The van der Waals surface area contributed by atoms with Gasteiger partial charge in [0.05, 0.1) is 29.0 Å². The lowest BCUT2D eigenvalue weighted by molar-refractivity contribution is 1.18. The Hall–Kier alpha value is -5.61. The van der Waals surface area contributed by atoms with Gasteiger partial charge < -0.3 is 4.90 Å². The van der Waals surface area contributed by atoms with Crippen molar-refractivity contribution in [1.82, 2.24) is 15.0 Å². The van der Waals surface area contributed by atoms with E-state index in [1.54, 1.807) is 0 Å². The van der Waals surface area contributed by atoms with Crippen LogP contribution in [0.3, 0.4) is 0 Å². The summed E-state index contributed by atoms with van der Waals surface area (Å²) in [5.41, 5.74) is 10.5. The molecule has 0 radical (unpaired) electrons. The highest BCUT2D eigenvalue weighted by molar-refractivity contribution is 6.14. The topological polar surface area (TPSA) is 41.9 Å². The Balaban J connectivity index is 1.38. The molecular formula is C37H24N4. The van der Waals surface area contributed by atoms with Gasteiger partial charge in [0.25, 0.3) is 0 Å². The van der Waals surface area contributed by atoms with Crippen molar-refractivity contribution < 1.29 is 0 Å².